The van der Waals surface area contributed by atoms with Crippen LogP contribution in [0.3, 0.4) is 0 Å². The largest absolute Gasteiger partial charge is 0.416 e. The van der Waals surface area contributed by atoms with E-state index in [4.69, 9.17) is 10.5 Å². The fourth-order valence-electron chi connectivity index (χ4n) is 3.96. The molecule has 3 heterocycles. The zero-order valence-corrected chi connectivity index (χ0v) is 16.9. The Balaban J connectivity index is 1.58. The van der Waals surface area contributed by atoms with E-state index in [1.54, 1.807) is 11.9 Å². The van der Waals surface area contributed by atoms with Crippen molar-refractivity contribution in [2.24, 2.45) is 0 Å². The molecule has 0 unspecified atom stereocenters. The lowest BCUT2D eigenvalue weighted by Gasteiger charge is -2.40. The van der Waals surface area contributed by atoms with Crippen LogP contribution >= 0.6 is 0 Å². The molecule has 31 heavy (non-hydrogen) atoms. The minimum atomic E-state index is -4.48. The zero-order chi connectivity index (χ0) is 22.2. The first-order valence-corrected chi connectivity index (χ1v) is 9.90. The van der Waals surface area contributed by atoms with Gasteiger partial charge in [0.05, 0.1) is 17.7 Å². The Morgan fingerprint density at radius 2 is 1.97 bits per heavy atom. The van der Waals surface area contributed by atoms with Crippen LogP contribution in [0.5, 0.6) is 0 Å². The Labute approximate surface area is 177 Å². The third-order valence-corrected chi connectivity index (χ3v) is 5.54. The number of carbonyl (C=O) groups is 1. The van der Waals surface area contributed by atoms with E-state index < -0.39 is 11.7 Å². The van der Waals surface area contributed by atoms with Gasteiger partial charge in [-0.05, 0) is 36.6 Å². The molecular formula is C20H23F3N6O2. The monoisotopic (exact) mass is 436 g/mol. The normalized spacial score (nSPS) is 17.6. The van der Waals surface area contributed by atoms with Crippen molar-refractivity contribution in [3.05, 3.63) is 41.2 Å². The first kappa shape index (κ1) is 21.2. The van der Waals surface area contributed by atoms with Gasteiger partial charge in [-0.2, -0.15) is 13.2 Å². The highest BCUT2D eigenvalue weighted by atomic mass is 19.4. The summed E-state index contributed by atoms with van der Waals surface area (Å²) in [6.45, 7) is 1.60. The number of carbonyl (C=O) groups excluding carboxylic acids is 1. The van der Waals surface area contributed by atoms with Crippen molar-refractivity contribution >= 4 is 23.4 Å². The molecule has 0 saturated carbocycles. The molecule has 0 bridgehead atoms. The van der Waals surface area contributed by atoms with Crippen LogP contribution in [0.15, 0.2) is 24.5 Å². The maximum absolute atomic E-state index is 13.1. The van der Waals surface area contributed by atoms with Crippen LogP contribution in [0.1, 0.15) is 29.5 Å². The number of amides is 2. The molecule has 2 amide bonds. The molecule has 4 rings (SSSR count). The summed E-state index contributed by atoms with van der Waals surface area (Å²) in [5.41, 5.74) is 5.98. The standard InChI is InChI=1S/C20H23F3N6O2/c1-28-18-16(10-29(19(28)30)15-2-4-31-5-3-15)17(26-11-27-18)25-9-12-6-13(20(21,22)23)8-14(24)7-12/h6-8,11,15H,2-5,9-10,24H2,1H3,(H,25,26,27). The Bertz CT molecular complexity index is 978. The summed E-state index contributed by atoms with van der Waals surface area (Å²) >= 11 is 0. The number of nitrogens with zero attached hydrogens (tertiary/aromatic N) is 4. The molecule has 11 heteroatoms. The lowest BCUT2D eigenvalue weighted by atomic mass is 10.0. The summed E-state index contributed by atoms with van der Waals surface area (Å²) in [6, 6.07) is 3.35. The third kappa shape index (κ3) is 4.36. The molecule has 1 aromatic carbocycles. The number of urea groups is 1. The van der Waals surface area contributed by atoms with Gasteiger partial charge in [0.25, 0.3) is 0 Å². The number of fused-ring (bicyclic) bond motifs is 1. The van der Waals surface area contributed by atoms with E-state index in [9.17, 15) is 18.0 Å². The van der Waals surface area contributed by atoms with E-state index in [1.807, 2.05) is 0 Å². The fourth-order valence-corrected chi connectivity index (χ4v) is 3.96. The first-order chi connectivity index (χ1) is 14.7. The van der Waals surface area contributed by atoms with Gasteiger partial charge in [0.1, 0.15) is 18.0 Å². The van der Waals surface area contributed by atoms with E-state index in [0.29, 0.717) is 37.0 Å². The van der Waals surface area contributed by atoms with Gasteiger partial charge in [0.15, 0.2) is 0 Å². The number of rotatable bonds is 4. The van der Waals surface area contributed by atoms with E-state index in [2.05, 4.69) is 15.3 Å². The van der Waals surface area contributed by atoms with Crippen molar-refractivity contribution in [1.82, 2.24) is 14.9 Å². The molecule has 0 radical (unpaired) electrons. The maximum atomic E-state index is 13.1. The quantitative estimate of drug-likeness (QED) is 0.715. The molecule has 1 aromatic heterocycles. The van der Waals surface area contributed by atoms with E-state index >= 15 is 0 Å². The summed E-state index contributed by atoms with van der Waals surface area (Å²) in [5.74, 6) is 0.951. The average molecular weight is 436 g/mol. The molecule has 0 spiro atoms. The van der Waals surface area contributed by atoms with Crippen LogP contribution in [0, 0.1) is 0 Å². The van der Waals surface area contributed by atoms with Gasteiger partial charge in [-0.3, -0.25) is 4.90 Å². The molecule has 166 valence electrons. The van der Waals surface area contributed by atoms with Gasteiger partial charge in [-0.15, -0.1) is 0 Å². The second-order valence-corrected chi connectivity index (χ2v) is 7.65. The third-order valence-electron chi connectivity index (χ3n) is 5.54. The molecule has 1 fully saturated rings. The average Bonchev–Trinajstić information content (AvgIpc) is 2.74. The van der Waals surface area contributed by atoms with Gasteiger partial charge in [0.2, 0.25) is 0 Å². The van der Waals surface area contributed by atoms with Crippen LogP contribution < -0.4 is 16.0 Å². The van der Waals surface area contributed by atoms with Crippen molar-refractivity contribution in [1.29, 1.82) is 0 Å². The number of benzene rings is 1. The van der Waals surface area contributed by atoms with Crippen molar-refractivity contribution in [3.63, 3.8) is 0 Å². The topological polar surface area (TPSA) is 96.6 Å². The summed E-state index contributed by atoms with van der Waals surface area (Å²) in [5, 5.41) is 3.09. The van der Waals surface area contributed by atoms with Gasteiger partial charge in [0, 0.05) is 38.5 Å². The highest BCUT2D eigenvalue weighted by Crippen LogP contribution is 2.34. The maximum Gasteiger partial charge on any atom is 0.416 e. The number of ether oxygens (including phenoxy) is 1. The Kier molecular flexibility index (Phi) is 5.61. The minimum Gasteiger partial charge on any atom is -0.399 e. The molecule has 8 nitrogen and oxygen atoms in total. The fraction of sp³-hybridized carbons (Fsp3) is 0.450. The van der Waals surface area contributed by atoms with Gasteiger partial charge in [-0.25, -0.2) is 14.8 Å². The molecular weight excluding hydrogens is 413 g/mol. The first-order valence-electron chi connectivity index (χ1n) is 9.90. The van der Waals surface area contributed by atoms with Crippen LogP contribution in [-0.4, -0.2) is 47.2 Å². The highest BCUT2D eigenvalue weighted by Gasteiger charge is 2.36. The van der Waals surface area contributed by atoms with Gasteiger partial charge < -0.3 is 20.7 Å². The minimum absolute atomic E-state index is 0.0346. The second-order valence-electron chi connectivity index (χ2n) is 7.65. The van der Waals surface area contributed by atoms with Crippen molar-refractivity contribution in [3.8, 4) is 0 Å². The number of nitrogen functional groups attached to an aromatic ring is 1. The summed E-state index contributed by atoms with van der Waals surface area (Å²) in [4.78, 5) is 24.6. The Morgan fingerprint density at radius 3 is 2.68 bits per heavy atom. The SMILES string of the molecule is CN1C(=O)N(C2CCOCC2)Cc2c(NCc3cc(N)cc(C(F)(F)F)c3)ncnc21. The smallest absolute Gasteiger partial charge is 0.399 e. The van der Waals surface area contributed by atoms with Crippen molar-refractivity contribution < 1.29 is 22.7 Å². The van der Waals surface area contributed by atoms with Gasteiger partial charge in [-0.1, -0.05) is 0 Å². The number of alkyl halides is 3. The number of halogens is 3. The molecule has 2 aromatic rings. The highest BCUT2D eigenvalue weighted by molar-refractivity contribution is 5.94. The van der Waals surface area contributed by atoms with Crippen molar-refractivity contribution in [2.45, 2.75) is 38.1 Å². The van der Waals surface area contributed by atoms with Gasteiger partial charge >= 0.3 is 12.2 Å². The van der Waals surface area contributed by atoms with Crippen LogP contribution in [0.4, 0.5) is 35.3 Å². The van der Waals surface area contributed by atoms with E-state index in [0.717, 1.165) is 30.5 Å². The summed E-state index contributed by atoms with van der Waals surface area (Å²) in [6.07, 6.45) is -1.66. The second kappa shape index (κ2) is 8.22. The number of hydrogen-bond acceptors (Lipinski definition) is 6. The number of anilines is 3. The number of aromatic nitrogens is 2. The molecule has 3 N–H and O–H groups in total. The van der Waals surface area contributed by atoms with E-state index in [1.165, 1.54) is 17.3 Å². The Hall–Kier alpha value is -3.08. The van der Waals surface area contributed by atoms with E-state index in [-0.39, 0.29) is 24.3 Å². The molecule has 2 aliphatic heterocycles. The predicted molar refractivity (Wildman–Crippen MR) is 108 cm³/mol. The molecule has 0 atom stereocenters. The lowest BCUT2D eigenvalue weighted by Crippen LogP contribution is -2.51. The van der Waals surface area contributed by atoms with Crippen LogP contribution in [-0.2, 0) is 24.0 Å². The lowest BCUT2D eigenvalue weighted by molar-refractivity contribution is -0.137. The summed E-state index contributed by atoms with van der Waals surface area (Å²) in [7, 11) is 1.65. The number of nitrogens with one attached hydrogen (secondary N) is 1. The van der Waals surface area contributed by atoms with Crippen molar-refractivity contribution in [2.75, 3.05) is 36.2 Å². The predicted octanol–water partition coefficient (Wildman–Crippen LogP) is 3.24. The molecule has 2 aliphatic rings. The summed E-state index contributed by atoms with van der Waals surface area (Å²) < 4.78 is 44.7. The van der Waals surface area contributed by atoms with Crippen LogP contribution in [0.25, 0.3) is 0 Å². The number of hydrogen-bond donors (Lipinski definition) is 2. The Morgan fingerprint density at radius 1 is 1.23 bits per heavy atom. The zero-order valence-electron chi connectivity index (χ0n) is 16.9. The molecule has 0 aliphatic carbocycles. The number of nitrogens with two attached hydrogens (primary N) is 1. The van der Waals surface area contributed by atoms with Crippen LogP contribution in [0.2, 0.25) is 0 Å². The molecule has 1 saturated heterocycles.